The van der Waals surface area contributed by atoms with E-state index in [0.29, 0.717) is 23.4 Å². The molecule has 3 aromatic rings. The van der Waals surface area contributed by atoms with Crippen LogP contribution in [0.25, 0.3) is 16.9 Å². The number of hydrogen-bond donors (Lipinski definition) is 0. The highest BCUT2D eigenvalue weighted by Crippen LogP contribution is 2.32. The fourth-order valence-electron chi connectivity index (χ4n) is 3.37. The Hall–Kier alpha value is -3.87. The van der Waals surface area contributed by atoms with E-state index >= 15 is 0 Å². The predicted octanol–water partition coefficient (Wildman–Crippen LogP) is 4.63. The van der Waals surface area contributed by atoms with Gasteiger partial charge >= 0.3 is 11.9 Å². The number of esters is 2. The van der Waals surface area contributed by atoms with Gasteiger partial charge in [0.05, 0.1) is 26.0 Å². The SMILES string of the molecule is C=CCc1cc(-c2nn(-c3ccccc3)c(C(=O)OC)c2C(=O)OC)ccc1OC(C)C. The Labute approximate surface area is 187 Å². The fraction of sp³-hybridized carbons (Fsp3) is 0.240. The highest BCUT2D eigenvalue weighted by Gasteiger charge is 2.31. The average molecular weight is 434 g/mol. The van der Waals surface area contributed by atoms with E-state index in [1.54, 1.807) is 24.3 Å². The van der Waals surface area contributed by atoms with Crippen molar-refractivity contribution in [3.8, 4) is 22.7 Å². The van der Waals surface area contributed by atoms with Crippen LogP contribution in [0.3, 0.4) is 0 Å². The van der Waals surface area contributed by atoms with Crippen LogP contribution in [-0.2, 0) is 15.9 Å². The van der Waals surface area contributed by atoms with Gasteiger partial charge in [-0.25, -0.2) is 14.3 Å². The zero-order valence-electron chi connectivity index (χ0n) is 18.6. The Kier molecular flexibility index (Phi) is 7.10. The lowest BCUT2D eigenvalue weighted by atomic mass is 10.0. The molecule has 32 heavy (non-hydrogen) atoms. The summed E-state index contributed by atoms with van der Waals surface area (Å²) in [5, 5.41) is 4.63. The van der Waals surface area contributed by atoms with Crippen molar-refractivity contribution in [1.82, 2.24) is 9.78 Å². The molecule has 0 aliphatic rings. The van der Waals surface area contributed by atoms with Crippen LogP contribution in [-0.4, -0.2) is 42.0 Å². The second kappa shape index (κ2) is 9.96. The molecule has 0 N–H and O–H groups in total. The molecule has 0 atom stereocenters. The molecule has 7 nitrogen and oxygen atoms in total. The van der Waals surface area contributed by atoms with Crippen LogP contribution >= 0.6 is 0 Å². The molecule has 166 valence electrons. The first kappa shape index (κ1) is 22.8. The second-order valence-corrected chi connectivity index (χ2v) is 7.28. The predicted molar refractivity (Wildman–Crippen MR) is 121 cm³/mol. The third kappa shape index (κ3) is 4.56. The van der Waals surface area contributed by atoms with E-state index in [1.165, 1.54) is 18.9 Å². The smallest absolute Gasteiger partial charge is 0.357 e. The topological polar surface area (TPSA) is 79.7 Å². The maximum Gasteiger partial charge on any atom is 0.357 e. The van der Waals surface area contributed by atoms with Gasteiger partial charge in [-0.15, -0.1) is 6.58 Å². The number of nitrogens with zero attached hydrogens (tertiary/aromatic N) is 2. The summed E-state index contributed by atoms with van der Waals surface area (Å²) in [7, 11) is 2.52. The number of hydrogen-bond acceptors (Lipinski definition) is 6. The number of carbonyl (C=O) groups is 2. The third-order valence-electron chi connectivity index (χ3n) is 4.72. The van der Waals surface area contributed by atoms with Gasteiger partial charge in [-0.3, -0.25) is 0 Å². The molecule has 0 aliphatic carbocycles. The van der Waals surface area contributed by atoms with Crippen LogP contribution in [0.2, 0.25) is 0 Å². The van der Waals surface area contributed by atoms with Crippen molar-refractivity contribution in [3.63, 3.8) is 0 Å². The van der Waals surface area contributed by atoms with Crippen molar-refractivity contribution in [3.05, 3.63) is 78.0 Å². The van der Waals surface area contributed by atoms with Crippen molar-refractivity contribution in [1.29, 1.82) is 0 Å². The lowest BCUT2D eigenvalue weighted by Gasteiger charge is -2.14. The number of carbonyl (C=O) groups excluding carboxylic acids is 2. The number of allylic oxidation sites excluding steroid dienone is 1. The highest BCUT2D eigenvalue weighted by atomic mass is 16.5. The molecule has 0 fully saturated rings. The van der Waals surface area contributed by atoms with Gasteiger partial charge in [-0.05, 0) is 56.2 Å². The number of rotatable bonds is 8. The molecule has 1 aromatic heterocycles. The normalized spacial score (nSPS) is 10.7. The molecule has 0 radical (unpaired) electrons. The second-order valence-electron chi connectivity index (χ2n) is 7.28. The van der Waals surface area contributed by atoms with E-state index < -0.39 is 11.9 Å². The van der Waals surface area contributed by atoms with Crippen LogP contribution in [0.15, 0.2) is 61.2 Å². The van der Waals surface area contributed by atoms with Crippen LogP contribution in [0, 0.1) is 0 Å². The molecule has 3 rings (SSSR count). The molecule has 2 aromatic carbocycles. The van der Waals surface area contributed by atoms with Gasteiger partial charge in [0.15, 0.2) is 5.69 Å². The maximum absolute atomic E-state index is 12.8. The quantitative estimate of drug-likeness (QED) is 0.380. The van der Waals surface area contributed by atoms with E-state index in [-0.39, 0.29) is 17.4 Å². The van der Waals surface area contributed by atoms with Gasteiger partial charge in [0.2, 0.25) is 0 Å². The number of methoxy groups -OCH3 is 2. The van der Waals surface area contributed by atoms with Gasteiger partial charge in [-0.2, -0.15) is 5.10 Å². The van der Waals surface area contributed by atoms with E-state index in [2.05, 4.69) is 11.7 Å². The summed E-state index contributed by atoms with van der Waals surface area (Å²) < 4.78 is 17.3. The molecule has 0 amide bonds. The zero-order chi connectivity index (χ0) is 23.3. The summed E-state index contributed by atoms with van der Waals surface area (Å²) in [6.45, 7) is 7.72. The third-order valence-corrected chi connectivity index (χ3v) is 4.72. The lowest BCUT2D eigenvalue weighted by Crippen LogP contribution is -2.15. The summed E-state index contributed by atoms with van der Waals surface area (Å²) in [6, 6.07) is 14.6. The summed E-state index contributed by atoms with van der Waals surface area (Å²) in [5.74, 6) is -0.659. The molecular weight excluding hydrogens is 408 g/mol. The number of benzene rings is 2. The largest absolute Gasteiger partial charge is 0.491 e. The summed E-state index contributed by atoms with van der Waals surface area (Å²) in [5.41, 5.74) is 2.46. The average Bonchev–Trinajstić information content (AvgIpc) is 3.20. The van der Waals surface area contributed by atoms with Crippen LogP contribution in [0.5, 0.6) is 5.75 Å². The number of aromatic nitrogens is 2. The minimum Gasteiger partial charge on any atom is -0.491 e. The van der Waals surface area contributed by atoms with Crippen LogP contribution < -0.4 is 4.74 Å². The lowest BCUT2D eigenvalue weighted by molar-refractivity contribution is 0.0549. The zero-order valence-corrected chi connectivity index (χ0v) is 18.6. The van der Waals surface area contributed by atoms with Crippen molar-refractivity contribution >= 4 is 11.9 Å². The standard InChI is InChI=1S/C25H26N2O5/c1-6-10-17-15-18(13-14-20(17)32-16(2)3)22-21(24(28)30-4)23(25(29)31-5)27(26-22)19-11-8-7-9-12-19/h6-9,11-16H,1,10H2,2-5H3. The first-order chi connectivity index (χ1) is 15.4. The minimum absolute atomic E-state index is 0.00161. The molecular formula is C25H26N2O5. The number of para-hydroxylation sites is 1. The Morgan fingerprint density at radius 3 is 2.34 bits per heavy atom. The summed E-state index contributed by atoms with van der Waals surface area (Å²) in [6.07, 6.45) is 2.33. The van der Waals surface area contributed by atoms with Gasteiger partial charge in [0.1, 0.15) is 17.0 Å². The Balaban J connectivity index is 2.29. The fourth-order valence-corrected chi connectivity index (χ4v) is 3.37. The van der Waals surface area contributed by atoms with Crippen molar-refractivity contribution in [2.45, 2.75) is 26.4 Å². The van der Waals surface area contributed by atoms with Gasteiger partial charge < -0.3 is 14.2 Å². The van der Waals surface area contributed by atoms with E-state index in [4.69, 9.17) is 14.2 Å². The molecule has 0 saturated heterocycles. The van der Waals surface area contributed by atoms with Crippen LogP contribution in [0.1, 0.15) is 40.3 Å². The Bertz CT molecular complexity index is 1130. The maximum atomic E-state index is 12.8. The minimum atomic E-state index is -0.695. The summed E-state index contributed by atoms with van der Waals surface area (Å²) in [4.78, 5) is 25.5. The Morgan fingerprint density at radius 1 is 1.06 bits per heavy atom. The Morgan fingerprint density at radius 2 is 1.75 bits per heavy atom. The van der Waals surface area contributed by atoms with Crippen LogP contribution in [0.4, 0.5) is 0 Å². The van der Waals surface area contributed by atoms with Gasteiger partial charge in [0, 0.05) is 5.56 Å². The monoisotopic (exact) mass is 434 g/mol. The first-order valence-electron chi connectivity index (χ1n) is 10.2. The van der Waals surface area contributed by atoms with Crippen molar-refractivity contribution < 1.29 is 23.8 Å². The highest BCUT2D eigenvalue weighted by molar-refractivity contribution is 6.06. The number of ether oxygens (including phenoxy) is 3. The molecule has 7 heteroatoms. The van der Waals surface area contributed by atoms with E-state index in [0.717, 1.165) is 11.3 Å². The van der Waals surface area contributed by atoms with E-state index in [1.807, 2.05) is 44.2 Å². The first-order valence-corrected chi connectivity index (χ1v) is 10.2. The van der Waals surface area contributed by atoms with Crippen molar-refractivity contribution in [2.24, 2.45) is 0 Å². The molecule has 0 unspecified atom stereocenters. The van der Waals surface area contributed by atoms with Gasteiger partial charge in [0.25, 0.3) is 0 Å². The van der Waals surface area contributed by atoms with Crippen molar-refractivity contribution in [2.75, 3.05) is 14.2 Å². The molecule has 1 heterocycles. The van der Waals surface area contributed by atoms with E-state index in [9.17, 15) is 9.59 Å². The molecule has 0 saturated carbocycles. The molecule has 0 aliphatic heterocycles. The summed E-state index contributed by atoms with van der Waals surface area (Å²) >= 11 is 0. The molecule has 0 bridgehead atoms. The van der Waals surface area contributed by atoms with Gasteiger partial charge in [-0.1, -0.05) is 24.3 Å². The molecule has 0 spiro atoms.